The molecule has 1 fully saturated rings. The van der Waals surface area contributed by atoms with Gasteiger partial charge in [0.25, 0.3) is 0 Å². The Morgan fingerprint density at radius 1 is 1.15 bits per heavy atom. The number of aromatic nitrogens is 5. The molecule has 0 bridgehead atoms. The lowest BCUT2D eigenvalue weighted by Crippen LogP contribution is -2.35. The molecule has 0 amide bonds. The van der Waals surface area contributed by atoms with E-state index in [2.05, 4.69) is 43.1 Å². The fraction of sp³-hybridized carbons (Fsp3) is 0.583. The van der Waals surface area contributed by atoms with Crippen molar-refractivity contribution in [2.45, 2.75) is 52.6 Å². The number of anilines is 3. The minimum absolute atomic E-state index is 0.389. The van der Waals surface area contributed by atoms with E-state index in [0.29, 0.717) is 25.8 Å². The number of ether oxygens (including phenoxy) is 1. The largest absolute Gasteiger partial charge is 0.380 e. The Kier molecular flexibility index (Phi) is 7.39. The first-order chi connectivity index (χ1) is 16.0. The lowest BCUT2D eigenvalue weighted by atomic mass is 10.2. The van der Waals surface area contributed by atoms with Crippen LogP contribution in [0.1, 0.15) is 38.6 Å². The van der Waals surface area contributed by atoms with Crippen LogP contribution in [0.25, 0.3) is 11.0 Å². The van der Waals surface area contributed by atoms with Gasteiger partial charge in [0.15, 0.2) is 5.82 Å². The Hall–Kier alpha value is -2.78. The molecule has 33 heavy (non-hydrogen) atoms. The molecule has 1 saturated heterocycles. The topological polar surface area (TPSA) is 84.2 Å². The third kappa shape index (κ3) is 5.09. The molecule has 1 atom stereocenters. The minimum atomic E-state index is 0.389. The SMILES string of the molecule is CCOCCn1nc(CC)c2nc(N(C)C3CCN(C)C3)nc(Nc3cccc(CC)n3)c21. The number of likely N-dealkylation sites (tertiary alicyclic amines) is 1. The van der Waals surface area contributed by atoms with Crippen molar-refractivity contribution in [1.82, 2.24) is 29.6 Å². The smallest absolute Gasteiger partial charge is 0.228 e. The molecule has 0 spiro atoms. The Balaban J connectivity index is 1.80. The Bertz CT molecular complexity index is 1080. The van der Waals surface area contributed by atoms with Crippen LogP contribution in [0.5, 0.6) is 0 Å². The van der Waals surface area contributed by atoms with Gasteiger partial charge in [0.1, 0.15) is 16.9 Å². The van der Waals surface area contributed by atoms with Gasteiger partial charge in [-0.3, -0.25) is 4.68 Å². The number of hydrogen-bond acceptors (Lipinski definition) is 8. The molecule has 1 unspecified atom stereocenters. The molecule has 0 aliphatic carbocycles. The zero-order valence-corrected chi connectivity index (χ0v) is 20.5. The predicted molar refractivity (Wildman–Crippen MR) is 132 cm³/mol. The second-order valence-electron chi connectivity index (χ2n) is 8.60. The number of aryl methyl sites for hydroxylation is 2. The highest BCUT2D eigenvalue weighted by Crippen LogP contribution is 2.30. The average Bonchev–Trinajstić information content (AvgIpc) is 3.42. The van der Waals surface area contributed by atoms with Crippen LogP contribution in [0.2, 0.25) is 0 Å². The molecule has 3 aromatic heterocycles. The first kappa shape index (κ1) is 23.4. The molecule has 3 aromatic rings. The average molecular weight is 453 g/mol. The van der Waals surface area contributed by atoms with Gasteiger partial charge in [-0.25, -0.2) is 9.97 Å². The van der Waals surface area contributed by atoms with Gasteiger partial charge >= 0.3 is 0 Å². The van der Waals surface area contributed by atoms with E-state index in [1.165, 1.54) is 0 Å². The van der Waals surface area contributed by atoms with Crippen molar-refractivity contribution in [2.75, 3.05) is 50.6 Å². The van der Waals surface area contributed by atoms with Gasteiger partial charge in [-0.1, -0.05) is 19.9 Å². The van der Waals surface area contributed by atoms with E-state index in [1.54, 1.807) is 0 Å². The summed E-state index contributed by atoms with van der Waals surface area (Å²) in [6.07, 6.45) is 2.78. The molecule has 1 aliphatic rings. The summed E-state index contributed by atoms with van der Waals surface area (Å²) in [5.41, 5.74) is 3.80. The summed E-state index contributed by atoms with van der Waals surface area (Å²) >= 11 is 0. The van der Waals surface area contributed by atoms with Gasteiger partial charge < -0.3 is 19.9 Å². The van der Waals surface area contributed by atoms with Gasteiger partial charge in [-0.15, -0.1) is 0 Å². The summed E-state index contributed by atoms with van der Waals surface area (Å²) < 4.78 is 7.59. The lowest BCUT2D eigenvalue weighted by Gasteiger charge is -2.25. The van der Waals surface area contributed by atoms with E-state index in [9.17, 15) is 0 Å². The Labute approximate surface area is 196 Å². The van der Waals surface area contributed by atoms with E-state index in [1.807, 2.05) is 29.8 Å². The summed E-state index contributed by atoms with van der Waals surface area (Å²) in [6.45, 7) is 10.2. The van der Waals surface area contributed by atoms with Crippen molar-refractivity contribution in [3.63, 3.8) is 0 Å². The van der Waals surface area contributed by atoms with Gasteiger partial charge in [0, 0.05) is 31.9 Å². The Morgan fingerprint density at radius 2 is 2.00 bits per heavy atom. The molecule has 9 heteroatoms. The number of likely N-dealkylation sites (N-methyl/N-ethyl adjacent to an activating group) is 2. The van der Waals surface area contributed by atoms with Crippen LogP contribution in [-0.2, 0) is 24.1 Å². The van der Waals surface area contributed by atoms with Crippen molar-refractivity contribution in [3.05, 3.63) is 29.6 Å². The standard InChI is InChI=1S/C24H36N8O/c1-6-17-10-9-11-20(25-17)26-23-22-21(19(7-2)29-32(22)14-15-33-8-3)27-24(28-23)31(5)18-12-13-30(4)16-18/h9-11,18H,6-8,12-16H2,1-5H3,(H,25,26,27,28). The van der Waals surface area contributed by atoms with Crippen molar-refractivity contribution in [2.24, 2.45) is 0 Å². The maximum Gasteiger partial charge on any atom is 0.228 e. The predicted octanol–water partition coefficient (Wildman–Crippen LogP) is 3.27. The zero-order chi connectivity index (χ0) is 23.4. The lowest BCUT2D eigenvalue weighted by molar-refractivity contribution is 0.137. The van der Waals surface area contributed by atoms with E-state index >= 15 is 0 Å². The fourth-order valence-electron chi connectivity index (χ4n) is 4.33. The van der Waals surface area contributed by atoms with Crippen molar-refractivity contribution in [3.8, 4) is 0 Å². The van der Waals surface area contributed by atoms with E-state index < -0.39 is 0 Å². The molecular weight excluding hydrogens is 416 g/mol. The second-order valence-corrected chi connectivity index (χ2v) is 8.60. The molecule has 0 saturated carbocycles. The van der Waals surface area contributed by atoms with Crippen LogP contribution in [0.4, 0.5) is 17.6 Å². The highest BCUT2D eigenvalue weighted by molar-refractivity contribution is 5.90. The van der Waals surface area contributed by atoms with Crippen LogP contribution >= 0.6 is 0 Å². The molecule has 0 radical (unpaired) electrons. The first-order valence-corrected chi connectivity index (χ1v) is 12.0. The summed E-state index contributed by atoms with van der Waals surface area (Å²) in [5, 5.41) is 8.36. The normalized spacial score (nSPS) is 16.6. The maximum atomic E-state index is 5.61. The quantitative estimate of drug-likeness (QED) is 0.469. The van der Waals surface area contributed by atoms with Gasteiger partial charge in [0.05, 0.1) is 18.8 Å². The number of pyridine rings is 1. The summed E-state index contributed by atoms with van der Waals surface area (Å²) in [5.74, 6) is 2.23. The third-order valence-corrected chi connectivity index (χ3v) is 6.28. The molecular formula is C24H36N8O. The first-order valence-electron chi connectivity index (χ1n) is 12.0. The number of hydrogen-bond donors (Lipinski definition) is 1. The van der Waals surface area contributed by atoms with Crippen molar-refractivity contribution >= 4 is 28.6 Å². The number of nitrogens with zero attached hydrogens (tertiary/aromatic N) is 7. The number of fused-ring (bicyclic) bond motifs is 1. The third-order valence-electron chi connectivity index (χ3n) is 6.28. The number of rotatable bonds is 10. The van der Waals surface area contributed by atoms with Crippen LogP contribution < -0.4 is 10.2 Å². The zero-order valence-electron chi connectivity index (χ0n) is 20.5. The monoisotopic (exact) mass is 452 g/mol. The maximum absolute atomic E-state index is 5.61. The number of nitrogens with one attached hydrogen (secondary N) is 1. The molecule has 1 N–H and O–H groups in total. The highest BCUT2D eigenvalue weighted by Gasteiger charge is 2.27. The van der Waals surface area contributed by atoms with Crippen molar-refractivity contribution in [1.29, 1.82) is 0 Å². The Morgan fingerprint density at radius 3 is 2.70 bits per heavy atom. The van der Waals surface area contributed by atoms with Gasteiger partial charge in [-0.2, -0.15) is 10.1 Å². The molecule has 0 aromatic carbocycles. The van der Waals surface area contributed by atoms with Gasteiger partial charge in [0.2, 0.25) is 5.95 Å². The molecule has 4 rings (SSSR count). The van der Waals surface area contributed by atoms with Crippen LogP contribution in [0, 0.1) is 0 Å². The van der Waals surface area contributed by atoms with Crippen LogP contribution in [0.15, 0.2) is 18.2 Å². The molecule has 1 aliphatic heterocycles. The van der Waals surface area contributed by atoms with E-state index in [-0.39, 0.29) is 0 Å². The molecule has 178 valence electrons. The van der Waals surface area contributed by atoms with Crippen molar-refractivity contribution < 1.29 is 4.74 Å². The molecule has 9 nitrogen and oxygen atoms in total. The van der Waals surface area contributed by atoms with Crippen LogP contribution in [0.3, 0.4) is 0 Å². The van der Waals surface area contributed by atoms with E-state index in [0.717, 1.165) is 72.4 Å². The van der Waals surface area contributed by atoms with Crippen LogP contribution in [-0.4, -0.2) is 76.1 Å². The highest BCUT2D eigenvalue weighted by atomic mass is 16.5. The minimum Gasteiger partial charge on any atom is -0.380 e. The summed E-state index contributed by atoms with van der Waals surface area (Å²) in [6, 6.07) is 6.43. The second kappa shape index (κ2) is 10.4. The summed E-state index contributed by atoms with van der Waals surface area (Å²) in [4.78, 5) is 19.3. The summed E-state index contributed by atoms with van der Waals surface area (Å²) in [7, 11) is 4.25. The fourth-order valence-corrected chi connectivity index (χ4v) is 4.33. The molecule has 4 heterocycles. The van der Waals surface area contributed by atoms with Gasteiger partial charge in [-0.05, 0) is 51.9 Å². The van der Waals surface area contributed by atoms with E-state index in [4.69, 9.17) is 24.8 Å².